The van der Waals surface area contributed by atoms with Gasteiger partial charge in [0.05, 0.1) is 17.1 Å². The predicted molar refractivity (Wildman–Crippen MR) is 92.2 cm³/mol. The monoisotopic (exact) mass is 354 g/mol. The zero-order valence-corrected chi connectivity index (χ0v) is 14.3. The van der Waals surface area contributed by atoms with E-state index in [2.05, 4.69) is 15.1 Å². The van der Waals surface area contributed by atoms with Crippen LogP contribution in [-0.4, -0.2) is 32.5 Å². The molecule has 2 aliphatic rings. The summed E-state index contributed by atoms with van der Waals surface area (Å²) in [7, 11) is 0. The van der Waals surface area contributed by atoms with E-state index in [4.69, 9.17) is 4.52 Å². The number of fused-ring (bicyclic) bond motifs is 2. The van der Waals surface area contributed by atoms with E-state index in [1.807, 2.05) is 4.90 Å². The SMILES string of the molecule is O=C(c1noc2c1CCCC2)N1CCCC1c1nc2ccc(F)cc2[nH]1. The number of nitrogens with one attached hydrogen (secondary N) is 1. The van der Waals surface area contributed by atoms with E-state index in [0.717, 1.165) is 49.8 Å². The molecule has 0 bridgehead atoms. The summed E-state index contributed by atoms with van der Waals surface area (Å²) in [6.07, 6.45) is 5.58. The van der Waals surface area contributed by atoms with E-state index in [-0.39, 0.29) is 17.8 Å². The Kier molecular flexibility index (Phi) is 3.55. The summed E-state index contributed by atoms with van der Waals surface area (Å²) >= 11 is 0. The van der Waals surface area contributed by atoms with Crippen molar-refractivity contribution in [1.29, 1.82) is 0 Å². The Morgan fingerprint density at radius 1 is 1.27 bits per heavy atom. The molecule has 0 spiro atoms. The lowest BCUT2D eigenvalue weighted by Gasteiger charge is -2.22. The van der Waals surface area contributed by atoms with Crippen molar-refractivity contribution in [1.82, 2.24) is 20.0 Å². The fraction of sp³-hybridized carbons (Fsp3) is 0.421. The second kappa shape index (κ2) is 5.93. The molecule has 0 saturated carbocycles. The van der Waals surface area contributed by atoms with Crippen LogP contribution in [0.1, 0.15) is 59.4 Å². The number of imidazole rings is 1. The summed E-state index contributed by atoms with van der Waals surface area (Å²) in [5, 5.41) is 4.08. The molecular formula is C19H19FN4O2. The van der Waals surface area contributed by atoms with Crippen LogP contribution < -0.4 is 0 Å². The Labute approximate surface area is 149 Å². The average Bonchev–Trinajstić information content (AvgIpc) is 3.37. The first-order chi connectivity index (χ1) is 12.7. The molecule has 0 radical (unpaired) electrons. The molecule has 1 amide bonds. The van der Waals surface area contributed by atoms with Crippen molar-refractivity contribution in [2.24, 2.45) is 0 Å². The fourth-order valence-corrected chi connectivity index (χ4v) is 4.14. The summed E-state index contributed by atoms with van der Waals surface area (Å²) in [6.45, 7) is 0.663. The second-order valence-electron chi connectivity index (χ2n) is 7.08. The van der Waals surface area contributed by atoms with E-state index < -0.39 is 0 Å². The predicted octanol–water partition coefficient (Wildman–Crippen LogP) is 3.55. The normalized spacial score (nSPS) is 19.9. The van der Waals surface area contributed by atoms with E-state index >= 15 is 0 Å². The largest absolute Gasteiger partial charge is 0.360 e. The minimum Gasteiger partial charge on any atom is -0.360 e. The number of carbonyl (C=O) groups is 1. The van der Waals surface area contributed by atoms with Gasteiger partial charge in [-0.05, 0) is 50.3 Å². The quantitative estimate of drug-likeness (QED) is 0.764. The molecule has 1 unspecified atom stereocenters. The second-order valence-corrected chi connectivity index (χ2v) is 7.08. The van der Waals surface area contributed by atoms with Crippen molar-refractivity contribution in [2.75, 3.05) is 6.54 Å². The molecule has 3 heterocycles. The van der Waals surface area contributed by atoms with Gasteiger partial charge in [-0.15, -0.1) is 0 Å². The van der Waals surface area contributed by atoms with Crippen LogP contribution in [-0.2, 0) is 12.8 Å². The maximum Gasteiger partial charge on any atom is 0.276 e. The van der Waals surface area contributed by atoms with Gasteiger partial charge in [-0.2, -0.15) is 0 Å². The number of rotatable bonds is 2. The van der Waals surface area contributed by atoms with Gasteiger partial charge in [0.25, 0.3) is 5.91 Å². The first-order valence-corrected chi connectivity index (χ1v) is 9.14. The van der Waals surface area contributed by atoms with E-state index in [1.54, 1.807) is 6.07 Å². The molecule has 1 aliphatic heterocycles. The van der Waals surface area contributed by atoms with E-state index in [9.17, 15) is 9.18 Å². The van der Waals surface area contributed by atoms with Crippen LogP contribution in [0.3, 0.4) is 0 Å². The minimum absolute atomic E-state index is 0.0916. The Balaban J connectivity index is 1.48. The van der Waals surface area contributed by atoms with Crippen LogP contribution in [0.25, 0.3) is 11.0 Å². The molecule has 3 aromatic rings. The number of aromatic nitrogens is 3. The van der Waals surface area contributed by atoms with Crippen molar-refractivity contribution in [2.45, 2.75) is 44.6 Å². The summed E-state index contributed by atoms with van der Waals surface area (Å²) < 4.78 is 18.9. The molecule has 1 saturated heterocycles. The molecule has 1 atom stereocenters. The van der Waals surface area contributed by atoms with E-state index in [0.29, 0.717) is 29.1 Å². The molecule has 6 nitrogen and oxygen atoms in total. The lowest BCUT2D eigenvalue weighted by atomic mass is 9.96. The van der Waals surface area contributed by atoms with Gasteiger partial charge >= 0.3 is 0 Å². The fourth-order valence-electron chi connectivity index (χ4n) is 4.14. The molecule has 134 valence electrons. The average molecular weight is 354 g/mol. The standard InChI is InChI=1S/C19H19FN4O2/c20-11-7-8-13-14(10-11)22-18(21-13)15-5-3-9-24(15)19(25)17-12-4-1-2-6-16(12)26-23-17/h7-8,10,15H,1-6,9H2,(H,21,22). The van der Waals surface area contributed by atoms with Gasteiger partial charge < -0.3 is 14.4 Å². The van der Waals surface area contributed by atoms with Gasteiger partial charge in [-0.1, -0.05) is 5.16 Å². The summed E-state index contributed by atoms with van der Waals surface area (Å²) in [5.74, 6) is 1.16. The highest BCUT2D eigenvalue weighted by Crippen LogP contribution is 2.34. The topological polar surface area (TPSA) is 75.0 Å². The first-order valence-electron chi connectivity index (χ1n) is 9.14. The molecule has 7 heteroatoms. The van der Waals surface area contributed by atoms with Gasteiger partial charge in [0.1, 0.15) is 17.4 Å². The number of carbonyl (C=O) groups excluding carboxylic acids is 1. The number of amides is 1. The van der Waals surface area contributed by atoms with Crippen molar-refractivity contribution >= 4 is 16.9 Å². The van der Waals surface area contributed by atoms with Crippen LogP contribution in [0.4, 0.5) is 4.39 Å². The number of aryl methyl sites for hydroxylation is 1. The van der Waals surface area contributed by atoms with Crippen LogP contribution in [0.5, 0.6) is 0 Å². The van der Waals surface area contributed by atoms with Gasteiger partial charge in [0.15, 0.2) is 5.69 Å². The smallest absolute Gasteiger partial charge is 0.276 e. The van der Waals surface area contributed by atoms with Gasteiger partial charge in [0.2, 0.25) is 0 Å². The minimum atomic E-state index is -0.304. The molecule has 2 aromatic heterocycles. The number of aromatic amines is 1. The highest BCUT2D eigenvalue weighted by Gasteiger charge is 2.36. The highest BCUT2D eigenvalue weighted by atomic mass is 19.1. The lowest BCUT2D eigenvalue weighted by molar-refractivity contribution is 0.0719. The number of benzene rings is 1. The number of likely N-dealkylation sites (tertiary alicyclic amines) is 1. The molecule has 5 rings (SSSR count). The van der Waals surface area contributed by atoms with Crippen molar-refractivity contribution in [3.05, 3.63) is 46.9 Å². The molecule has 1 fully saturated rings. The Morgan fingerprint density at radius 3 is 3.08 bits per heavy atom. The third-order valence-corrected chi connectivity index (χ3v) is 5.44. The van der Waals surface area contributed by atoms with Crippen LogP contribution >= 0.6 is 0 Å². The lowest BCUT2D eigenvalue weighted by Crippen LogP contribution is -2.32. The van der Waals surface area contributed by atoms with Crippen LogP contribution in [0, 0.1) is 5.82 Å². The maximum atomic E-state index is 13.4. The molecular weight excluding hydrogens is 335 g/mol. The van der Waals surface area contributed by atoms with Gasteiger partial charge in [-0.3, -0.25) is 4.79 Å². The third-order valence-electron chi connectivity index (χ3n) is 5.44. The molecule has 1 aromatic carbocycles. The van der Waals surface area contributed by atoms with Crippen molar-refractivity contribution < 1.29 is 13.7 Å². The highest BCUT2D eigenvalue weighted by molar-refractivity contribution is 5.94. The molecule has 26 heavy (non-hydrogen) atoms. The van der Waals surface area contributed by atoms with Crippen molar-refractivity contribution in [3.8, 4) is 0 Å². The Morgan fingerprint density at radius 2 is 2.15 bits per heavy atom. The van der Waals surface area contributed by atoms with E-state index in [1.165, 1.54) is 12.1 Å². The van der Waals surface area contributed by atoms with Crippen LogP contribution in [0.2, 0.25) is 0 Å². The maximum absolute atomic E-state index is 13.4. The number of hydrogen-bond donors (Lipinski definition) is 1. The van der Waals surface area contributed by atoms with Gasteiger partial charge in [-0.25, -0.2) is 9.37 Å². The third kappa shape index (κ3) is 2.41. The number of nitrogens with zero attached hydrogens (tertiary/aromatic N) is 3. The Hall–Kier alpha value is -2.70. The number of halogens is 1. The molecule has 1 aliphatic carbocycles. The zero-order valence-electron chi connectivity index (χ0n) is 14.3. The first kappa shape index (κ1) is 15.5. The molecule has 1 N–H and O–H groups in total. The summed E-state index contributed by atoms with van der Waals surface area (Å²) in [4.78, 5) is 22.7. The summed E-state index contributed by atoms with van der Waals surface area (Å²) in [6, 6.07) is 4.33. The Bertz CT molecular complexity index is 993. The number of H-pyrrole nitrogens is 1. The zero-order chi connectivity index (χ0) is 17.7. The summed E-state index contributed by atoms with van der Waals surface area (Å²) in [5.41, 5.74) is 2.78. The van der Waals surface area contributed by atoms with Gasteiger partial charge in [0, 0.05) is 18.5 Å². The van der Waals surface area contributed by atoms with Crippen LogP contribution in [0.15, 0.2) is 22.7 Å². The van der Waals surface area contributed by atoms with Crippen molar-refractivity contribution in [3.63, 3.8) is 0 Å². The number of hydrogen-bond acceptors (Lipinski definition) is 4.